The van der Waals surface area contributed by atoms with E-state index in [4.69, 9.17) is 4.99 Å². The summed E-state index contributed by atoms with van der Waals surface area (Å²) in [6.07, 6.45) is -0.713. The standard InChI is InChI=1S/C26H23BrN6O/c1-16-14-20(27)13-12-19(16)15-28-26(34)30-24-25-32-31-17(2)33(25)22-11-7-6-10-21(22)23(29-24)18-8-4-3-5-9-18/h3-14,24H,15H2,1-2H3,(H2,28,30,34). The third kappa shape index (κ3) is 4.24. The van der Waals surface area contributed by atoms with Gasteiger partial charge in [-0.1, -0.05) is 70.5 Å². The minimum atomic E-state index is -0.713. The van der Waals surface area contributed by atoms with Gasteiger partial charge < -0.3 is 10.6 Å². The van der Waals surface area contributed by atoms with Gasteiger partial charge >= 0.3 is 6.03 Å². The number of urea groups is 1. The van der Waals surface area contributed by atoms with E-state index in [-0.39, 0.29) is 6.03 Å². The highest BCUT2D eigenvalue weighted by Crippen LogP contribution is 2.29. The van der Waals surface area contributed by atoms with Gasteiger partial charge in [-0.15, -0.1) is 10.2 Å². The number of rotatable bonds is 4. The van der Waals surface area contributed by atoms with E-state index in [9.17, 15) is 4.79 Å². The second-order valence-electron chi connectivity index (χ2n) is 8.10. The number of hydrogen-bond acceptors (Lipinski definition) is 4. The lowest BCUT2D eigenvalue weighted by Gasteiger charge is -2.15. The van der Waals surface area contributed by atoms with Crippen LogP contribution in [0.2, 0.25) is 0 Å². The van der Waals surface area contributed by atoms with Crippen LogP contribution in [0.3, 0.4) is 0 Å². The van der Waals surface area contributed by atoms with Crippen molar-refractivity contribution in [2.75, 3.05) is 0 Å². The SMILES string of the molecule is Cc1cc(Br)ccc1CNC(=O)NC1N=C(c2ccccc2)c2ccccc2-n2c(C)nnc21. The van der Waals surface area contributed by atoms with Crippen molar-refractivity contribution in [3.63, 3.8) is 0 Å². The zero-order chi connectivity index (χ0) is 23.7. The molecule has 2 amide bonds. The molecule has 8 heteroatoms. The molecule has 4 aromatic rings. The maximum absolute atomic E-state index is 12.9. The van der Waals surface area contributed by atoms with Crippen molar-refractivity contribution in [1.29, 1.82) is 0 Å². The van der Waals surface area contributed by atoms with Crippen LogP contribution in [0.1, 0.15) is 40.1 Å². The Kier molecular flexibility index (Phi) is 5.98. The predicted molar refractivity (Wildman–Crippen MR) is 135 cm³/mol. The number of para-hydroxylation sites is 1. The molecule has 0 saturated carbocycles. The van der Waals surface area contributed by atoms with Gasteiger partial charge in [-0.05, 0) is 43.2 Å². The molecule has 1 aromatic heterocycles. The van der Waals surface area contributed by atoms with Gasteiger partial charge in [0, 0.05) is 22.1 Å². The number of aromatic nitrogens is 3. The summed E-state index contributed by atoms with van der Waals surface area (Å²) in [6.45, 7) is 4.32. The van der Waals surface area contributed by atoms with Gasteiger partial charge in [0.2, 0.25) is 0 Å². The lowest BCUT2D eigenvalue weighted by atomic mass is 10.0. The zero-order valence-corrected chi connectivity index (χ0v) is 20.4. The first kappa shape index (κ1) is 22.0. The average Bonchev–Trinajstić information content (AvgIpc) is 3.16. The lowest BCUT2D eigenvalue weighted by Crippen LogP contribution is -2.38. The molecule has 5 rings (SSSR count). The first-order valence-corrected chi connectivity index (χ1v) is 11.7. The summed E-state index contributed by atoms with van der Waals surface area (Å²) in [4.78, 5) is 17.9. The van der Waals surface area contributed by atoms with Gasteiger partial charge in [-0.25, -0.2) is 4.79 Å². The molecule has 1 unspecified atom stereocenters. The van der Waals surface area contributed by atoms with Crippen molar-refractivity contribution in [1.82, 2.24) is 25.4 Å². The number of aryl methyl sites for hydroxylation is 2. The summed E-state index contributed by atoms with van der Waals surface area (Å²) in [7, 11) is 0. The fourth-order valence-electron chi connectivity index (χ4n) is 4.11. The Morgan fingerprint density at radius 3 is 2.56 bits per heavy atom. The van der Waals surface area contributed by atoms with Crippen LogP contribution in [0.4, 0.5) is 4.79 Å². The summed E-state index contributed by atoms with van der Waals surface area (Å²) >= 11 is 3.47. The normalized spacial score (nSPS) is 14.4. The van der Waals surface area contributed by atoms with E-state index in [1.807, 2.05) is 91.2 Å². The number of nitrogens with one attached hydrogen (secondary N) is 2. The van der Waals surface area contributed by atoms with Gasteiger partial charge in [-0.2, -0.15) is 0 Å². The second kappa shape index (κ2) is 9.23. The van der Waals surface area contributed by atoms with E-state index in [1.54, 1.807) is 0 Å². The number of benzene rings is 3. The van der Waals surface area contributed by atoms with Crippen molar-refractivity contribution < 1.29 is 4.79 Å². The molecule has 0 spiro atoms. The highest BCUT2D eigenvalue weighted by atomic mass is 79.9. The summed E-state index contributed by atoms with van der Waals surface area (Å²) in [5, 5.41) is 14.6. The number of carbonyl (C=O) groups excluding carboxylic acids is 1. The highest BCUT2D eigenvalue weighted by Gasteiger charge is 2.28. The smallest absolute Gasteiger partial charge is 0.317 e. The number of hydrogen-bond donors (Lipinski definition) is 2. The Morgan fingerprint density at radius 2 is 1.76 bits per heavy atom. The number of fused-ring (bicyclic) bond motifs is 3. The lowest BCUT2D eigenvalue weighted by molar-refractivity contribution is 0.236. The number of nitrogens with zero attached hydrogens (tertiary/aromatic N) is 4. The van der Waals surface area contributed by atoms with Crippen LogP contribution in [0.15, 0.2) is 82.3 Å². The highest BCUT2D eigenvalue weighted by molar-refractivity contribution is 9.10. The molecule has 0 aliphatic carbocycles. The second-order valence-corrected chi connectivity index (χ2v) is 9.02. The van der Waals surface area contributed by atoms with E-state index < -0.39 is 6.17 Å². The first-order valence-electron chi connectivity index (χ1n) is 11.0. The fourth-order valence-corrected chi connectivity index (χ4v) is 4.59. The number of amides is 2. The predicted octanol–water partition coefficient (Wildman–Crippen LogP) is 5.00. The van der Waals surface area contributed by atoms with Gasteiger partial charge in [-0.3, -0.25) is 9.56 Å². The summed E-state index contributed by atoms with van der Waals surface area (Å²) in [5.74, 6) is 1.29. The molecule has 1 atom stereocenters. The van der Waals surface area contributed by atoms with Crippen molar-refractivity contribution >= 4 is 27.7 Å². The van der Waals surface area contributed by atoms with E-state index in [2.05, 4.69) is 36.8 Å². The van der Waals surface area contributed by atoms with Gasteiger partial charge in [0.1, 0.15) is 5.82 Å². The Labute approximate surface area is 206 Å². The van der Waals surface area contributed by atoms with Gasteiger partial charge in [0.25, 0.3) is 0 Å². The maximum atomic E-state index is 12.9. The molecular weight excluding hydrogens is 492 g/mol. The van der Waals surface area contributed by atoms with Crippen LogP contribution in [0.25, 0.3) is 5.69 Å². The minimum absolute atomic E-state index is 0.332. The first-order chi connectivity index (χ1) is 16.5. The van der Waals surface area contributed by atoms with Crippen LogP contribution >= 0.6 is 15.9 Å². The van der Waals surface area contributed by atoms with Crippen LogP contribution in [0, 0.1) is 13.8 Å². The van der Waals surface area contributed by atoms with Crippen LogP contribution in [-0.2, 0) is 6.54 Å². The number of halogens is 1. The third-order valence-corrected chi connectivity index (χ3v) is 6.31. The molecule has 3 aromatic carbocycles. The maximum Gasteiger partial charge on any atom is 0.317 e. The van der Waals surface area contributed by atoms with Crippen LogP contribution in [0.5, 0.6) is 0 Å². The van der Waals surface area contributed by atoms with E-state index in [1.165, 1.54) is 0 Å². The molecule has 7 nitrogen and oxygen atoms in total. The quantitative estimate of drug-likeness (QED) is 0.402. The van der Waals surface area contributed by atoms with Crippen molar-refractivity contribution in [2.45, 2.75) is 26.6 Å². The molecule has 2 N–H and O–H groups in total. The third-order valence-electron chi connectivity index (χ3n) is 5.81. The van der Waals surface area contributed by atoms with E-state index in [0.717, 1.165) is 44.0 Å². The van der Waals surface area contributed by atoms with Crippen molar-refractivity contribution in [3.8, 4) is 5.69 Å². The molecule has 2 heterocycles. The van der Waals surface area contributed by atoms with E-state index >= 15 is 0 Å². The largest absolute Gasteiger partial charge is 0.334 e. The van der Waals surface area contributed by atoms with Gasteiger partial charge in [0.15, 0.2) is 12.0 Å². The zero-order valence-electron chi connectivity index (χ0n) is 18.8. The Balaban J connectivity index is 1.50. The van der Waals surface area contributed by atoms with Gasteiger partial charge in [0.05, 0.1) is 11.4 Å². The average molecular weight is 515 g/mol. The van der Waals surface area contributed by atoms with Crippen molar-refractivity contribution in [3.05, 3.63) is 111 Å². The topological polar surface area (TPSA) is 84.2 Å². The Hall–Kier alpha value is -3.78. The molecule has 0 radical (unpaired) electrons. The molecular formula is C26H23BrN6O. The molecule has 0 saturated heterocycles. The van der Waals surface area contributed by atoms with E-state index in [0.29, 0.717) is 12.4 Å². The molecule has 34 heavy (non-hydrogen) atoms. The summed E-state index contributed by atoms with van der Waals surface area (Å²) < 4.78 is 2.96. The Bertz CT molecular complexity index is 1400. The molecule has 1 aliphatic rings. The van der Waals surface area contributed by atoms with Crippen LogP contribution in [-0.4, -0.2) is 26.5 Å². The monoisotopic (exact) mass is 514 g/mol. The molecule has 170 valence electrons. The minimum Gasteiger partial charge on any atom is -0.334 e. The number of aliphatic imine (C=N–C) groups is 1. The molecule has 0 bridgehead atoms. The summed E-state index contributed by atoms with van der Waals surface area (Å²) in [6, 6.07) is 23.6. The molecule has 0 fully saturated rings. The Morgan fingerprint density at radius 1 is 1.00 bits per heavy atom. The molecule has 1 aliphatic heterocycles. The van der Waals surface area contributed by atoms with Crippen LogP contribution < -0.4 is 10.6 Å². The summed E-state index contributed by atoms with van der Waals surface area (Å²) in [5.41, 5.74) is 5.77. The number of carbonyl (C=O) groups is 1. The fraction of sp³-hybridized carbons (Fsp3) is 0.154. The van der Waals surface area contributed by atoms with Crippen molar-refractivity contribution in [2.24, 2.45) is 4.99 Å².